The van der Waals surface area contributed by atoms with Crippen LogP contribution in [0.5, 0.6) is 0 Å². The second kappa shape index (κ2) is 8.01. The third-order valence-corrected chi connectivity index (χ3v) is 6.32. The van der Waals surface area contributed by atoms with E-state index in [0.29, 0.717) is 31.3 Å². The van der Waals surface area contributed by atoms with Crippen molar-refractivity contribution in [2.75, 3.05) is 19.6 Å². The SMILES string of the molecule is C[C@@H]1CNC[C@H]1CCNCc1cccc2c1C(=O)N(C1CCC(=O)NC1=O)C2. The lowest BCUT2D eigenvalue weighted by Gasteiger charge is -2.29. The van der Waals surface area contributed by atoms with Gasteiger partial charge in [0.15, 0.2) is 0 Å². The molecule has 4 rings (SSSR count). The minimum absolute atomic E-state index is 0.101. The first kappa shape index (κ1) is 19.1. The molecule has 0 aliphatic carbocycles. The maximum Gasteiger partial charge on any atom is 0.255 e. The van der Waals surface area contributed by atoms with Crippen molar-refractivity contribution in [1.29, 1.82) is 0 Å². The zero-order valence-electron chi connectivity index (χ0n) is 16.3. The van der Waals surface area contributed by atoms with E-state index < -0.39 is 6.04 Å². The molecular weight excluding hydrogens is 356 g/mol. The van der Waals surface area contributed by atoms with E-state index >= 15 is 0 Å². The lowest BCUT2D eigenvalue weighted by atomic mass is 9.95. The van der Waals surface area contributed by atoms with Gasteiger partial charge in [-0.05, 0) is 55.4 Å². The number of hydrogen-bond donors (Lipinski definition) is 3. The van der Waals surface area contributed by atoms with E-state index in [0.717, 1.165) is 42.7 Å². The van der Waals surface area contributed by atoms with Crippen LogP contribution in [0.15, 0.2) is 18.2 Å². The highest BCUT2D eigenvalue weighted by atomic mass is 16.2. The first-order valence-electron chi connectivity index (χ1n) is 10.2. The molecule has 28 heavy (non-hydrogen) atoms. The van der Waals surface area contributed by atoms with E-state index in [1.54, 1.807) is 4.90 Å². The van der Waals surface area contributed by atoms with Gasteiger partial charge in [-0.25, -0.2) is 0 Å². The summed E-state index contributed by atoms with van der Waals surface area (Å²) in [5, 5.41) is 9.27. The van der Waals surface area contributed by atoms with Crippen LogP contribution in [-0.2, 0) is 22.7 Å². The van der Waals surface area contributed by atoms with Gasteiger partial charge in [0, 0.05) is 25.1 Å². The third-order valence-electron chi connectivity index (χ3n) is 6.32. The maximum atomic E-state index is 13.1. The number of carbonyl (C=O) groups is 3. The minimum Gasteiger partial charge on any atom is -0.322 e. The minimum atomic E-state index is -0.560. The van der Waals surface area contributed by atoms with Gasteiger partial charge in [0.25, 0.3) is 5.91 Å². The van der Waals surface area contributed by atoms with Crippen LogP contribution in [0.2, 0.25) is 0 Å². The molecule has 0 bridgehead atoms. The smallest absolute Gasteiger partial charge is 0.255 e. The average molecular weight is 384 g/mol. The van der Waals surface area contributed by atoms with E-state index in [9.17, 15) is 14.4 Å². The van der Waals surface area contributed by atoms with E-state index in [4.69, 9.17) is 0 Å². The Bertz CT molecular complexity index is 794. The topological polar surface area (TPSA) is 90.5 Å². The van der Waals surface area contributed by atoms with E-state index in [1.165, 1.54) is 0 Å². The van der Waals surface area contributed by atoms with Gasteiger partial charge >= 0.3 is 0 Å². The second-order valence-corrected chi connectivity index (χ2v) is 8.21. The fraction of sp³-hybridized carbons (Fsp3) is 0.571. The summed E-state index contributed by atoms with van der Waals surface area (Å²) in [6, 6.07) is 5.35. The van der Waals surface area contributed by atoms with Gasteiger partial charge in [-0.1, -0.05) is 25.1 Å². The summed E-state index contributed by atoms with van der Waals surface area (Å²) in [7, 11) is 0. The van der Waals surface area contributed by atoms with E-state index in [1.807, 2.05) is 18.2 Å². The number of fused-ring (bicyclic) bond motifs is 1. The second-order valence-electron chi connectivity index (χ2n) is 8.21. The number of rotatable bonds is 6. The lowest BCUT2D eigenvalue weighted by Crippen LogP contribution is -2.52. The molecule has 0 radical (unpaired) electrons. The summed E-state index contributed by atoms with van der Waals surface area (Å²) in [6.45, 7) is 6.47. The maximum absolute atomic E-state index is 13.1. The number of piperidine rings is 1. The average Bonchev–Trinajstić information content (AvgIpc) is 3.23. The Morgan fingerprint density at radius 3 is 2.82 bits per heavy atom. The van der Waals surface area contributed by atoms with Crippen molar-refractivity contribution in [3.05, 3.63) is 34.9 Å². The van der Waals surface area contributed by atoms with Crippen LogP contribution in [0.25, 0.3) is 0 Å². The molecule has 1 unspecified atom stereocenters. The fourth-order valence-corrected chi connectivity index (χ4v) is 4.60. The molecule has 2 saturated heterocycles. The van der Waals surface area contributed by atoms with Crippen molar-refractivity contribution in [2.24, 2.45) is 11.8 Å². The van der Waals surface area contributed by atoms with Crippen molar-refractivity contribution in [3.63, 3.8) is 0 Å². The Kier molecular flexibility index (Phi) is 5.46. The molecule has 3 aliphatic heterocycles. The van der Waals surface area contributed by atoms with Gasteiger partial charge in [-0.3, -0.25) is 19.7 Å². The zero-order chi connectivity index (χ0) is 19.7. The highest BCUT2D eigenvalue weighted by molar-refractivity contribution is 6.05. The number of carbonyl (C=O) groups excluding carboxylic acids is 3. The van der Waals surface area contributed by atoms with Crippen LogP contribution >= 0.6 is 0 Å². The summed E-state index contributed by atoms with van der Waals surface area (Å²) >= 11 is 0. The lowest BCUT2D eigenvalue weighted by molar-refractivity contribution is -0.136. The molecule has 3 atom stereocenters. The molecule has 1 aromatic carbocycles. The molecule has 150 valence electrons. The van der Waals surface area contributed by atoms with Crippen LogP contribution in [-0.4, -0.2) is 48.3 Å². The summed E-state index contributed by atoms with van der Waals surface area (Å²) in [5.74, 6) is 0.694. The fourth-order valence-electron chi connectivity index (χ4n) is 4.60. The number of hydrogen-bond acceptors (Lipinski definition) is 5. The molecule has 7 heteroatoms. The van der Waals surface area contributed by atoms with Crippen LogP contribution in [0, 0.1) is 11.8 Å². The quantitative estimate of drug-likeness (QED) is 0.498. The molecule has 7 nitrogen and oxygen atoms in total. The molecule has 2 fully saturated rings. The van der Waals surface area contributed by atoms with Crippen molar-refractivity contribution in [2.45, 2.75) is 45.3 Å². The van der Waals surface area contributed by atoms with Gasteiger partial charge in [0.05, 0.1) is 0 Å². The predicted octanol–water partition coefficient (Wildman–Crippen LogP) is 0.783. The Balaban J connectivity index is 1.39. The normalized spacial score (nSPS) is 27.2. The Morgan fingerprint density at radius 2 is 2.07 bits per heavy atom. The molecule has 3 amide bonds. The molecule has 3 N–H and O–H groups in total. The first-order chi connectivity index (χ1) is 13.5. The largest absolute Gasteiger partial charge is 0.322 e. The van der Waals surface area contributed by atoms with Crippen molar-refractivity contribution < 1.29 is 14.4 Å². The van der Waals surface area contributed by atoms with Gasteiger partial charge in [-0.2, -0.15) is 0 Å². The molecule has 3 heterocycles. The number of imide groups is 1. The first-order valence-corrected chi connectivity index (χ1v) is 10.2. The number of benzene rings is 1. The highest BCUT2D eigenvalue weighted by Gasteiger charge is 2.39. The standard InChI is InChI=1S/C21H28N4O3/c1-13-9-23-10-14(13)7-8-22-11-15-3-2-4-16-12-25(21(28)19(15)16)17-5-6-18(26)24-20(17)27/h2-4,13-14,17,22-23H,5-12H2,1H3,(H,24,26,27)/t13-,14-,17?/m1/s1. The van der Waals surface area contributed by atoms with Gasteiger partial charge in [0.2, 0.25) is 11.8 Å². The summed E-state index contributed by atoms with van der Waals surface area (Å²) < 4.78 is 0. The van der Waals surface area contributed by atoms with E-state index in [2.05, 4.69) is 22.9 Å². The van der Waals surface area contributed by atoms with Crippen molar-refractivity contribution in [3.8, 4) is 0 Å². The summed E-state index contributed by atoms with van der Waals surface area (Å²) in [6.07, 6.45) is 1.80. The molecule has 0 aromatic heterocycles. The van der Waals surface area contributed by atoms with Crippen LogP contribution in [0.1, 0.15) is 47.7 Å². The molecular formula is C21H28N4O3. The third kappa shape index (κ3) is 3.69. The van der Waals surface area contributed by atoms with Gasteiger partial charge in [0.1, 0.15) is 6.04 Å². The van der Waals surface area contributed by atoms with Crippen LogP contribution < -0.4 is 16.0 Å². The Morgan fingerprint density at radius 1 is 1.21 bits per heavy atom. The monoisotopic (exact) mass is 384 g/mol. The van der Waals surface area contributed by atoms with E-state index in [-0.39, 0.29) is 24.1 Å². The molecule has 0 saturated carbocycles. The number of amides is 3. The highest BCUT2D eigenvalue weighted by Crippen LogP contribution is 2.29. The number of nitrogens with zero attached hydrogens (tertiary/aromatic N) is 1. The van der Waals surface area contributed by atoms with Gasteiger partial charge in [-0.15, -0.1) is 0 Å². The predicted molar refractivity (Wildman–Crippen MR) is 104 cm³/mol. The van der Waals surface area contributed by atoms with Crippen LogP contribution in [0.4, 0.5) is 0 Å². The molecule has 0 spiro atoms. The summed E-state index contributed by atoms with van der Waals surface area (Å²) in [5.41, 5.74) is 2.66. The van der Waals surface area contributed by atoms with Gasteiger partial charge < -0.3 is 15.5 Å². The Hall–Kier alpha value is -2.25. The van der Waals surface area contributed by atoms with Crippen LogP contribution in [0.3, 0.4) is 0 Å². The zero-order valence-corrected chi connectivity index (χ0v) is 16.3. The van der Waals surface area contributed by atoms with Crippen molar-refractivity contribution >= 4 is 17.7 Å². The number of nitrogens with one attached hydrogen (secondary N) is 3. The summed E-state index contributed by atoms with van der Waals surface area (Å²) in [4.78, 5) is 38.3. The molecule has 3 aliphatic rings. The Labute approximate surface area is 165 Å². The van der Waals surface area contributed by atoms with Crippen molar-refractivity contribution in [1.82, 2.24) is 20.9 Å². The molecule has 1 aromatic rings.